The van der Waals surface area contributed by atoms with Gasteiger partial charge in [-0.3, -0.25) is 9.48 Å². The van der Waals surface area contributed by atoms with Crippen molar-refractivity contribution in [1.82, 2.24) is 25.1 Å². The SMILES string of the molecule is Cn1cc(Cl)c(C(=O)N[C@H]2CCOC[C@H]2Nc2ccncn2)n1. The molecule has 9 heteroatoms. The highest BCUT2D eigenvalue weighted by molar-refractivity contribution is 6.33. The molecule has 1 fully saturated rings. The fourth-order valence-electron chi connectivity index (χ4n) is 2.47. The lowest BCUT2D eigenvalue weighted by molar-refractivity contribution is 0.0618. The van der Waals surface area contributed by atoms with Crippen LogP contribution in [0.2, 0.25) is 5.02 Å². The molecule has 2 aromatic rings. The molecule has 1 aliphatic heterocycles. The van der Waals surface area contributed by atoms with Crippen LogP contribution < -0.4 is 10.6 Å². The standard InChI is InChI=1S/C14H17ClN6O2/c1-21-6-9(15)13(20-21)14(22)19-10-3-5-23-7-11(10)18-12-2-4-16-8-17-12/h2,4,6,8,10-11H,3,5,7H2,1H3,(H,19,22)(H,16,17,18)/t10-,11+/m0/s1. The van der Waals surface area contributed by atoms with E-state index < -0.39 is 0 Å². The first kappa shape index (κ1) is 15.7. The lowest BCUT2D eigenvalue weighted by atomic mass is 10.0. The van der Waals surface area contributed by atoms with Gasteiger partial charge >= 0.3 is 0 Å². The molecular formula is C14H17ClN6O2. The Hall–Kier alpha value is -2.19. The van der Waals surface area contributed by atoms with Crippen molar-refractivity contribution in [2.45, 2.75) is 18.5 Å². The zero-order valence-electron chi connectivity index (χ0n) is 12.6. The van der Waals surface area contributed by atoms with E-state index in [2.05, 4.69) is 25.7 Å². The number of carbonyl (C=O) groups excluding carboxylic acids is 1. The Labute approximate surface area is 138 Å². The van der Waals surface area contributed by atoms with Gasteiger partial charge in [0.05, 0.1) is 23.7 Å². The summed E-state index contributed by atoms with van der Waals surface area (Å²) in [6.07, 6.45) is 5.41. The molecule has 1 aliphatic rings. The summed E-state index contributed by atoms with van der Waals surface area (Å²) in [5.74, 6) is 0.391. The summed E-state index contributed by atoms with van der Waals surface area (Å²) in [4.78, 5) is 20.4. The first-order valence-electron chi connectivity index (χ1n) is 7.24. The minimum Gasteiger partial charge on any atom is -0.379 e. The average molecular weight is 337 g/mol. The molecule has 0 radical (unpaired) electrons. The van der Waals surface area contributed by atoms with Gasteiger partial charge in [0.25, 0.3) is 5.91 Å². The fourth-order valence-corrected chi connectivity index (χ4v) is 2.73. The zero-order chi connectivity index (χ0) is 16.2. The lowest BCUT2D eigenvalue weighted by Crippen LogP contribution is -2.52. The maximum absolute atomic E-state index is 12.4. The Balaban J connectivity index is 1.69. The molecule has 0 aliphatic carbocycles. The van der Waals surface area contributed by atoms with Crippen LogP contribution in [0.25, 0.3) is 0 Å². The van der Waals surface area contributed by atoms with Gasteiger partial charge in [0.15, 0.2) is 5.69 Å². The molecule has 0 spiro atoms. The van der Waals surface area contributed by atoms with Crippen LogP contribution in [0.5, 0.6) is 0 Å². The highest BCUT2D eigenvalue weighted by Crippen LogP contribution is 2.16. The lowest BCUT2D eigenvalue weighted by Gasteiger charge is -2.32. The van der Waals surface area contributed by atoms with E-state index >= 15 is 0 Å². The van der Waals surface area contributed by atoms with Crippen LogP contribution in [0.15, 0.2) is 24.8 Å². The van der Waals surface area contributed by atoms with Gasteiger partial charge in [-0.05, 0) is 12.5 Å². The van der Waals surface area contributed by atoms with E-state index in [1.807, 2.05) is 0 Å². The van der Waals surface area contributed by atoms with Crippen molar-refractivity contribution in [3.8, 4) is 0 Å². The molecule has 1 amide bonds. The number of aryl methyl sites for hydroxylation is 1. The van der Waals surface area contributed by atoms with Gasteiger partial charge in [0.2, 0.25) is 0 Å². The molecular weight excluding hydrogens is 320 g/mol. The topological polar surface area (TPSA) is 94.0 Å². The monoisotopic (exact) mass is 336 g/mol. The smallest absolute Gasteiger partial charge is 0.273 e. The van der Waals surface area contributed by atoms with E-state index in [-0.39, 0.29) is 23.7 Å². The highest BCUT2D eigenvalue weighted by Gasteiger charge is 2.29. The van der Waals surface area contributed by atoms with E-state index in [0.717, 1.165) is 0 Å². The number of amides is 1. The molecule has 2 atom stereocenters. The quantitative estimate of drug-likeness (QED) is 0.860. The fraction of sp³-hybridized carbons (Fsp3) is 0.429. The second kappa shape index (κ2) is 6.93. The van der Waals surface area contributed by atoms with Crippen molar-refractivity contribution in [2.24, 2.45) is 7.05 Å². The Morgan fingerprint density at radius 1 is 1.48 bits per heavy atom. The number of hydrogen-bond acceptors (Lipinski definition) is 6. The number of carbonyl (C=O) groups is 1. The third-order valence-corrected chi connectivity index (χ3v) is 3.86. The summed E-state index contributed by atoms with van der Waals surface area (Å²) in [5, 5.41) is 10.6. The van der Waals surface area contributed by atoms with Crippen LogP contribution in [0.1, 0.15) is 16.9 Å². The third-order valence-electron chi connectivity index (χ3n) is 3.59. The minimum absolute atomic E-state index is 0.0925. The molecule has 1 saturated heterocycles. The third kappa shape index (κ3) is 3.77. The maximum atomic E-state index is 12.4. The molecule has 23 heavy (non-hydrogen) atoms. The number of nitrogens with zero attached hydrogens (tertiary/aromatic N) is 4. The Morgan fingerprint density at radius 2 is 2.35 bits per heavy atom. The summed E-state index contributed by atoms with van der Waals surface area (Å²) in [5.41, 5.74) is 0.224. The van der Waals surface area contributed by atoms with Gasteiger partial charge in [-0.15, -0.1) is 0 Å². The number of anilines is 1. The normalized spacial score (nSPS) is 21.0. The van der Waals surface area contributed by atoms with Crippen LogP contribution >= 0.6 is 11.6 Å². The van der Waals surface area contributed by atoms with E-state index in [1.165, 1.54) is 11.0 Å². The number of aromatic nitrogens is 4. The van der Waals surface area contributed by atoms with Crippen LogP contribution in [0, 0.1) is 0 Å². The molecule has 3 heterocycles. The molecule has 0 saturated carbocycles. The van der Waals surface area contributed by atoms with Crippen molar-refractivity contribution in [3.63, 3.8) is 0 Å². The Bertz CT molecular complexity index is 677. The van der Waals surface area contributed by atoms with E-state index in [1.54, 1.807) is 25.5 Å². The van der Waals surface area contributed by atoms with Crippen LogP contribution in [0.4, 0.5) is 5.82 Å². The van der Waals surface area contributed by atoms with Gasteiger partial charge in [0, 0.05) is 26.0 Å². The maximum Gasteiger partial charge on any atom is 0.273 e. The predicted molar refractivity (Wildman–Crippen MR) is 84.4 cm³/mol. The number of halogens is 1. The van der Waals surface area contributed by atoms with Crippen molar-refractivity contribution in [2.75, 3.05) is 18.5 Å². The second-order valence-corrected chi connectivity index (χ2v) is 5.70. The summed E-state index contributed by atoms with van der Waals surface area (Å²) in [6.45, 7) is 1.06. The van der Waals surface area contributed by atoms with E-state index in [4.69, 9.17) is 16.3 Å². The Morgan fingerprint density at radius 3 is 3.04 bits per heavy atom. The van der Waals surface area contributed by atoms with E-state index in [9.17, 15) is 4.79 Å². The van der Waals surface area contributed by atoms with Crippen molar-refractivity contribution < 1.29 is 9.53 Å². The second-order valence-electron chi connectivity index (χ2n) is 5.29. The molecule has 0 bridgehead atoms. The molecule has 3 rings (SSSR count). The van der Waals surface area contributed by atoms with Gasteiger partial charge in [-0.25, -0.2) is 9.97 Å². The van der Waals surface area contributed by atoms with Gasteiger partial charge in [-0.2, -0.15) is 5.10 Å². The van der Waals surface area contributed by atoms with Crippen LogP contribution in [-0.4, -0.2) is 51.0 Å². The van der Waals surface area contributed by atoms with Crippen molar-refractivity contribution in [3.05, 3.63) is 35.5 Å². The van der Waals surface area contributed by atoms with Crippen molar-refractivity contribution in [1.29, 1.82) is 0 Å². The number of ether oxygens (including phenoxy) is 1. The summed E-state index contributed by atoms with van der Waals surface area (Å²) in [7, 11) is 1.72. The first-order valence-corrected chi connectivity index (χ1v) is 7.61. The van der Waals surface area contributed by atoms with Crippen LogP contribution in [-0.2, 0) is 11.8 Å². The average Bonchev–Trinajstić information content (AvgIpc) is 2.89. The molecule has 8 nitrogen and oxygen atoms in total. The predicted octanol–water partition coefficient (Wildman–Crippen LogP) is 0.863. The van der Waals surface area contributed by atoms with Gasteiger partial charge in [-0.1, -0.05) is 11.6 Å². The molecule has 2 N–H and O–H groups in total. The van der Waals surface area contributed by atoms with Gasteiger partial charge < -0.3 is 15.4 Å². The number of rotatable bonds is 4. The molecule has 2 aromatic heterocycles. The van der Waals surface area contributed by atoms with Crippen molar-refractivity contribution >= 4 is 23.3 Å². The largest absolute Gasteiger partial charge is 0.379 e. The van der Waals surface area contributed by atoms with Crippen LogP contribution in [0.3, 0.4) is 0 Å². The molecule has 122 valence electrons. The van der Waals surface area contributed by atoms with E-state index in [0.29, 0.717) is 30.5 Å². The Kier molecular flexibility index (Phi) is 4.73. The zero-order valence-corrected chi connectivity index (χ0v) is 13.3. The minimum atomic E-state index is -0.294. The highest BCUT2D eigenvalue weighted by atomic mass is 35.5. The number of nitrogens with one attached hydrogen (secondary N) is 2. The van der Waals surface area contributed by atoms with Gasteiger partial charge in [0.1, 0.15) is 12.1 Å². The summed E-state index contributed by atoms with van der Waals surface area (Å²) < 4.78 is 7.01. The molecule has 0 unspecified atom stereocenters. The number of hydrogen-bond donors (Lipinski definition) is 2. The first-order chi connectivity index (χ1) is 11.1. The summed E-state index contributed by atoms with van der Waals surface area (Å²) in [6, 6.07) is 1.57. The summed E-state index contributed by atoms with van der Waals surface area (Å²) >= 11 is 6.02. The molecule has 0 aromatic carbocycles.